The molecule has 1 aliphatic heterocycles. The van der Waals surface area contributed by atoms with Crippen LogP contribution in [0.25, 0.3) is 10.8 Å². The maximum Gasteiger partial charge on any atom is 0.208 e. The van der Waals surface area contributed by atoms with E-state index in [9.17, 15) is 5.26 Å². The molecule has 3 aromatic carbocycles. The van der Waals surface area contributed by atoms with E-state index in [1.807, 2.05) is 54.6 Å². The van der Waals surface area contributed by atoms with Crippen molar-refractivity contribution in [2.45, 2.75) is 5.92 Å². The number of nitrogens with zero attached hydrogens (tertiary/aromatic N) is 1. The van der Waals surface area contributed by atoms with Gasteiger partial charge in [0.25, 0.3) is 0 Å². The molecule has 0 N–H and O–H groups in total. The van der Waals surface area contributed by atoms with Gasteiger partial charge >= 0.3 is 0 Å². The van der Waals surface area contributed by atoms with Gasteiger partial charge in [-0.25, -0.2) is 0 Å². The molecule has 1 heterocycles. The Balaban J connectivity index is 1.97. The second-order valence-electron chi connectivity index (χ2n) is 6.15. The van der Waals surface area contributed by atoms with Crippen LogP contribution in [0.4, 0.5) is 0 Å². The fourth-order valence-electron chi connectivity index (χ4n) is 3.50. The van der Waals surface area contributed by atoms with E-state index in [1.165, 1.54) is 0 Å². The van der Waals surface area contributed by atoms with Gasteiger partial charge in [0, 0.05) is 10.9 Å². The zero-order chi connectivity index (χ0) is 19.0. The standard InChI is InChI=1S/C22H16ClNO3/c1-25-18-10-8-14(11-19(18)26-2)20-16-9-7-13-5-3-4-6-15(13)21(16)27-22(23)17(20)12-24/h3-11,20H,1-2H3. The minimum Gasteiger partial charge on any atom is -0.493 e. The molecule has 134 valence electrons. The van der Waals surface area contributed by atoms with Crippen LogP contribution >= 0.6 is 11.6 Å². The highest BCUT2D eigenvalue weighted by atomic mass is 35.5. The molecule has 0 bridgehead atoms. The summed E-state index contributed by atoms with van der Waals surface area (Å²) in [5.41, 5.74) is 2.13. The molecule has 4 rings (SSSR count). The summed E-state index contributed by atoms with van der Waals surface area (Å²) in [6.45, 7) is 0. The predicted molar refractivity (Wildman–Crippen MR) is 104 cm³/mol. The molecule has 3 aromatic rings. The molecule has 0 aromatic heterocycles. The number of hydrogen-bond acceptors (Lipinski definition) is 4. The van der Waals surface area contributed by atoms with E-state index in [-0.39, 0.29) is 11.1 Å². The van der Waals surface area contributed by atoms with E-state index in [4.69, 9.17) is 25.8 Å². The topological polar surface area (TPSA) is 51.5 Å². The van der Waals surface area contributed by atoms with E-state index in [2.05, 4.69) is 6.07 Å². The fourth-order valence-corrected chi connectivity index (χ4v) is 3.73. The summed E-state index contributed by atoms with van der Waals surface area (Å²) in [4.78, 5) is 0. The molecular formula is C22H16ClNO3. The van der Waals surface area contributed by atoms with Gasteiger partial charge < -0.3 is 14.2 Å². The van der Waals surface area contributed by atoms with Crippen molar-refractivity contribution in [2.75, 3.05) is 14.2 Å². The lowest BCUT2D eigenvalue weighted by atomic mass is 9.83. The van der Waals surface area contributed by atoms with Crippen molar-refractivity contribution in [1.29, 1.82) is 5.26 Å². The first-order chi connectivity index (χ1) is 13.2. The number of ether oxygens (including phenoxy) is 3. The Morgan fingerprint density at radius 1 is 1.00 bits per heavy atom. The Morgan fingerprint density at radius 3 is 2.52 bits per heavy atom. The second-order valence-corrected chi connectivity index (χ2v) is 6.50. The quantitative estimate of drug-likeness (QED) is 0.617. The Labute approximate surface area is 162 Å². The lowest BCUT2D eigenvalue weighted by Crippen LogP contribution is -2.14. The molecule has 0 aliphatic carbocycles. The molecule has 4 nitrogen and oxygen atoms in total. The van der Waals surface area contributed by atoms with Crippen LogP contribution < -0.4 is 14.2 Å². The number of fused-ring (bicyclic) bond motifs is 3. The van der Waals surface area contributed by atoms with E-state index < -0.39 is 0 Å². The Hall–Kier alpha value is -3.16. The van der Waals surface area contributed by atoms with Crippen molar-refractivity contribution < 1.29 is 14.2 Å². The molecule has 27 heavy (non-hydrogen) atoms. The third kappa shape index (κ3) is 2.77. The van der Waals surface area contributed by atoms with Gasteiger partial charge in [0.05, 0.1) is 25.7 Å². The molecule has 1 aliphatic rings. The highest BCUT2D eigenvalue weighted by molar-refractivity contribution is 6.29. The first-order valence-corrected chi connectivity index (χ1v) is 8.77. The molecule has 1 unspecified atom stereocenters. The van der Waals surface area contributed by atoms with E-state index in [1.54, 1.807) is 14.2 Å². The van der Waals surface area contributed by atoms with Gasteiger partial charge in [0.2, 0.25) is 5.22 Å². The molecule has 0 amide bonds. The minimum atomic E-state index is -0.351. The van der Waals surface area contributed by atoms with Crippen molar-refractivity contribution in [3.8, 4) is 23.3 Å². The van der Waals surface area contributed by atoms with Crippen molar-refractivity contribution >= 4 is 22.4 Å². The summed E-state index contributed by atoms with van der Waals surface area (Å²) in [5.74, 6) is 1.55. The van der Waals surface area contributed by atoms with E-state index in [0.717, 1.165) is 21.9 Å². The maximum atomic E-state index is 9.73. The summed E-state index contributed by atoms with van der Waals surface area (Å²) in [5, 5.41) is 11.8. The van der Waals surface area contributed by atoms with Crippen LogP contribution in [0.1, 0.15) is 17.0 Å². The van der Waals surface area contributed by atoms with Gasteiger partial charge in [0.15, 0.2) is 11.5 Å². The number of nitriles is 1. The molecule has 5 heteroatoms. The SMILES string of the molecule is COc1ccc(C2C(C#N)=C(Cl)Oc3c2ccc2ccccc32)cc1OC. The van der Waals surface area contributed by atoms with Crippen LogP contribution in [-0.4, -0.2) is 14.2 Å². The number of rotatable bonds is 3. The van der Waals surface area contributed by atoms with Crippen molar-refractivity contribution in [1.82, 2.24) is 0 Å². The highest BCUT2D eigenvalue weighted by Crippen LogP contribution is 2.47. The smallest absolute Gasteiger partial charge is 0.208 e. The molecule has 0 saturated heterocycles. The second kappa shape index (κ2) is 6.86. The molecule has 0 saturated carbocycles. The lowest BCUT2D eigenvalue weighted by Gasteiger charge is -2.27. The van der Waals surface area contributed by atoms with E-state index in [0.29, 0.717) is 22.8 Å². The lowest BCUT2D eigenvalue weighted by molar-refractivity contribution is 0.354. The van der Waals surface area contributed by atoms with Crippen molar-refractivity contribution in [3.63, 3.8) is 0 Å². The Bertz CT molecular complexity index is 1110. The molecular weight excluding hydrogens is 362 g/mol. The zero-order valence-electron chi connectivity index (χ0n) is 14.8. The predicted octanol–water partition coefficient (Wildman–Crippen LogP) is 5.36. The molecule has 1 atom stereocenters. The summed E-state index contributed by atoms with van der Waals surface area (Å²) in [7, 11) is 3.17. The van der Waals surface area contributed by atoms with Crippen LogP contribution in [0, 0.1) is 11.3 Å². The van der Waals surface area contributed by atoms with Gasteiger partial charge in [0.1, 0.15) is 11.8 Å². The average molecular weight is 378 g/mol. The largest absolute Gasteiger partial charge is 0.493 e. The molecule has 0 radical (unpaired) electrons. The van der Waals surface area contributed by atoms with Gasteiger partial charge in [-0.05, 0) is 34.7 Å². The molecule has 0 fully saturated rings. The monoisotopic (exact) mass is 377 g/mol. The van der Waals surface area contributed by atoms with Crippen LogP contribution in [0.5, 0.6) is 17.2 Å². The fraction of sp³-hybridized carbons (Fsp3) is 0.136. The van der Waals surface area contributed by atoms with E-state index >= 15 is 0 Å². The first kappa shape index (κ1) is 17.3. The Kier molecular flexibility index (Phi) is 4.39. The van der Waals surface area contributed by atoms with Crippen LogP contribution in [0.3, 0.4) is 0 Å². The first-order valence-electron chi connectivity index (χ1n) is 8.39. The van der Waals surface area contributed by atoms with Gasteiger partial charge in [-0.1, -0.05) is 42.5 Å². The summed E-state index contributed by atoms with van der Waals surface area (Å²) in [6.07, 6.45) is 0. The minimum absolute atomic E-state index is 0.0983. The van der Waals surface area contributed by atoms with Crippen LogP contribution in [0.2, 0.25) is 0 Å². The van der Waals surface area contributed by atoms with Gasteiger partial charge in [-0.15, -0.1) is 0 Å². The number of methoxy groups -OCH3 is 2. The third-order valence-electron chi connectivity index (χ3n) is 4.77. The van der Waals surface area contributed by atoms with Crippen LogP contribution in [0.15, 0.2) is 65.4 Å². The van der Waals surface area contributed by atoms with Gasteiger partial charge in [-0.3, -0.25) is 0 Å². The summed E-state index contributed by atoms with van der Waals surface area (Å²) < 4.78 is 16.6. The van der Waals surface area contributed by atoms with Crippen molar-refractivity contribution in [2.24, 2.45) is 0 Å². The molecule has 0 spiro atoms. The normalized spacial score (nSPS) is 15.7. The highest BCUT2D eigenvalue weighted by Gasteiger charge is 2.32. The Morgan fingerprint density at radius 2 is 1.78 bits per heavy atom. The average Bonchev–Trinajstić information content (AvgIpc) is 2.72. The van der Waals surface area contributed by atoms with Crippen molar-refractivity contribution in [3.05, 3.63) is 76.5 Å². The number of hydrogen-bond donors (Lipinski definition) is 0. The number of allylic oxidation sites excluding steroid dienone is 1. The summed E-state index contributed by atoms with van der Waals surface area (Å²) >= 11 is 6.37. The number of halogens is 1. The van der Waals surface area contributed by atoms with Crippen LogP contribution in [-0.2, 0) is 0 Å². The summed E-state index contributed by atoms with van der Waals surface area (Å²) in [6, 6.07) is 19.8. The zero-order valence-corrected chi connectivity index (χ0v) is 15.6. The third-order valence-corrected chi connectivity index (χ3v) is 5.06. The number of benzene rings is 3. The maximum absolute atomic E-state index is 9.73. The van der Waals surface area contributed by atoms with Gasteiger partial charge in [-0.2, -0.15) is 5.26 Å².